The van der Waals surface area contributed by atoms with Crippen molar-refractivity contribution in [3.63, 3.8) is 0 Å². The van der Waals surface area contributed by atoms with Crippen LogP contribution in [0.2, 0.25) is 0 Å². The lowest BCUT2D eigenvalue weighted by Crippen LogP contribution is -2.58. The second-order valence-corrected chi connectivity index (χ2v) is 19.2. The number of ether oxygens (including phenoxy) is 3. The van der Waals surface area contributed by atoms with E-state index in [0.717, 1.165) is 76.7 Å². The number of allylic oxidation sites excluding steroid dienone is 6. The van der Waals surface area contributed by atoms with Gasteiger partial charge in [-0.05, 0) is 64.2 Å². The Labute approximate surface area is 398 Å². The summed E-state index contributed by atoms with van der Waals surface area (Å²) in [6, 6.07) is 0. The van der Waals surface area contributed by atoms with Crippen LogP contribution in [0.15, 0.2) is 48.6 Å². The average Bonchev–Trinajstić information content (AvgIpc) is 3.29. The van der Waals surface area contributed by atoms with Gasteiger partial charge in [0.05, 0.1) is 24.9 Å². The van der Waals surface area contributed by atoms with E-state index in [0.29, 0.717) is 32.1 Å². The fourth-order valence-corrected chi connectivity index (χ4v) is 8.81. The number of hydrogen-bond acceptors (Lipinski definition) is 16. The van der Waals surface area contributed by atoms with E-state index in [1.807, 2.05) is 6.92 Å². The molecule has 9 N–H and O–H groups in total. The van der Waals surface area contributed by atoms with Crippen LogP contribution in [0.25, 0.3) is 0 Å². The molecule has 18 heteroatoms. The monoisotopic (exact) mass is 977 g/mol. The van der Waals surface area contributed by atoms with Crippen molar-refractivity contribution in [1.82, 2.24) is 0 Å². The first kappa shape index (κ1) is 60.8. The van der Waals surface area contributed by atoms with Crippen LogP contribution in [0.5, 0.6) is 0 Å². The van der Waals surface area contributed by atoms with Crippen LogP contribution >= 0.6 is 7.82 Å². The zero-order valence-corrected chi connectivity index (χ0v) is 40.9. The Morgan fingerprint density at radius 2 is 1.42 bits per heavy atom. The Kier molecular flexibility index (Phi) is 32.4. The van der Waals surface area contributed by atoms with Gasteiger partial charge in [-0.15, -0.1) is 0 Å². The minimum atomic E-state index is -5.48. The summed E-state index contributed by atoms with van der Waals surface area (Å²) >= 11 is 0. The zero-order valence-electron chi connectivity index (χ0n) is 40.0. The number of carbonyl (C=O) groups excluding carboxylic acids is 2. The summed E-state index contributed by atoms with van der Waals surface area (Å²) in [6.07, 6.45) is 9.14. The highest BCUT2D eigenvalue weighted by molar-refractivity contribution is 7.47. The van der Waals surface area contributed by atoms with Crippen molar-refractivity contribution >= 4 is 19.8 Å². The molecule has 388 valence electrons. The van der Waals surface area contributed by atoms with Crippen LogP contribution in [0, 0.1) is 5.92 Å². The molecular formula is C49H85O17P. The van der Waals surface area contributed by atoms with Crippen LogP contribution in [0.1, 0.15) is 162 Å². The van der Waals surface area contributed by atoms with Gasteiger partial charge in [0.1, 0.15) is 43.2 Å². The molecule has 0 radical (unpaired) electrons. The Morgan fingerprint density at radius 1 is 0.791 bits per heavy atom. The quantitative estimate of drug-likeness (QED) is 0.0244. The van der Waals surface area contributed by atoms with E-state index >= 15 is 0 Å². The minimum Gasteiger partial charge on any atom is -0.462 e. The maximum atomic E-state index is 13.6. The van der Waals surface area contributed by atoms with E-state index in [1.165, 1.54) is 25.3 Å². The smallest absolute Gasteiger partial charge is 0.462 e. The predicted octanol–water partition coefficient (Wildman–Crippen LogP) is 6.05. The van der Waals surface area contributed by atoms with Gasteiger partial charge in [0.2, 0.25) is 0 Å². The number of aliphatic hydroxyl groups is 8. The van der Waals surface area contributed by atoms with Gasteiger partial charge in [-0.2, -0.15) is 0 Å². The maximum Gasteiger partial charge on any atom is 0.472 e. The summed E-state index contributed by atoms with van der Waals surface area (Å²) in [6.45, 7) is 2.76. The normalized spacial score (nSPS) is 31.9. The van der Waals surface area contributed by atoms with Gasteiger partial charge >= 0.3 is 19.8 Å². The van der Waals surface area contributed by atoms with Crippen LogP contribution < -0.4 is 0 Å². The fourth-order valence-electron chi connectivity index (χ4n) is 7.84. The van der Waals surface area contributed by atoms with E-state index < -0.39 is 113 Å². The first-order valence-electron chi connectivity index (χ1n) is 24.8. The summed E-state index contributed by atoms with van der Waals surface area (Å²) < 4.78 is 40.4. The molecule has 17 nitrogen and oxygen atoms in total. The summed E-state index contributed by atoms with van der Waals surface area (Å²) in [5.41, 5.74) is 0. The Morgan fingerprint density at radius 3 is 2.10 bits per heavy atom. The molecule has 2 unspecified atom stereocenters. The van der Waals surface area contributed by atoms with Crippen molar-refractivity contribution in [2.24, 2.45) is 5.92 Å². The predicted molar refractivity (Wildman–Crippen MR) is 252 cm³/mol. The van der Waals surface area contributed by atoms with E-state index in [1.54, 1.807) is 12.2 Å². The number of fused-ring (bicyclic) bond motifs is 4. The first-order chi connectivity index (χ1) is 32.1. The van der Waals surface area contributed by atoms with Gasteiger partial charge in [-0.25, -0.2) is 4.57 Å². The van der Waals surface area contributed by atoms with Gasteiger partial charge < -0.3 is 60.0 Å². The highest BCUT2D eigenvalue weighted by Gasteiger charge is 2.48. The van der Waals surface area contributed by atoms with E-state index in [4.69, 9.17) is 23.3 Å². The fraction of sp³-hybridized carbons (Fsp3) is 0.796. The molecule has 2 rings (SSSR count). The van der Waals surface area contributed by atoms with Crippen molar-refractivity contribution in [2.75, 3.05) is 13.2 Å². The summed E-state index contributed by atoms with van der Waals surface area (Å²) in [4.78, 5) is 36.6. The van der Waals surface area contributed by atoms with E-state index in [-0.39, 0.29) is 19.3 Å². The molecule has 0 saturated carbocycles. The van der Waals surface area contributed by atoms with Gasteiger partial charge in [0.15, 0.2) is 12.4 Å². The van der Waals surface area contributed by atoms with Crippen LogP contribution in [-0.4, -0.2) is 138 Å². The van der Waals surface area contributed by atoms with Crippen LogP contribution in [-0.2, 0) is 37.4 Å². The first-order valence-corrected chi connectivity index (χ1v) is 26.3. The number of rotatable bonds is 23. The van der Waals surface area contributed by atoms with Gasteiger partial charge in [-0.3, -0.25) is 18.6 Å². The molecule has 2 heterocycles. The van der Waals surface area contributed by atoms with Crippen molar-refractivity contribution in [3.8, 4) is 0 Å². The molecule has 2 aliphatic rings. The standard InChI is InChI=1S/C49H85O17P/c1-3-5-7-8-9-10-11-12-13-14-15-16-17-18-19-20-26-30-42(53)64-37-34-62-41(52)29-25-22-21-24-28-38-39(51)33-43(54)65-40(32-31-36(50)27-23-6-4-2)45(56)47(58)49(48(59)46(57)44(38)55)66-67(60,61)63-35-37/h9-10,12-13,21,24,31-32,36-40,43-51,54-59H,3-8,11,14-20,22-23,25-30,33-35H2,1-2H3,(H,60,61)/b10-9-,13-12-,24-21?,32-31?/t36-,37+,38-,39-,40+,43?,44+,45+,46-,47+,48+,49+/m0/s1. The number of hydrogen-bond donors (Lipinski definition) is 9. The highest BCUT2D eigenvalue weighted by Crippen LogP contribution is 2.47. The molecule has 0 aliphatic carbocycles. The van der Waals surface area contributed by atoms with Crippen molar-refractivity contribution in [3.05, 3.63) is 48.6 Å². The molecule has 67 heavy (non-hydrogen) atoms. The maximum absolute atomic E-state index is 13.6. The topological polar surface area (TPSA) is 279 Å². The molecular weight excluding hydrogens is 891 g/mol. The molecule has 1 fully saturated rings. The summed E-state index contributed by atoms with van der Waals surface area (Å²) in [5.74, 6) is -2.65. The molecule has 0 aromatic heterocycles. The Hall–Kier alpha value is -2.35. The lowest BCUT2D eigenvalue weighted by Gasteiger charge is -2.39. The largest absolute Gasteiger partial charge is 0.472 e. The summed E-state index contributed by atoms with van der Waals surface area (Å²) in [5, 5.41) is 89.5. The number of carbonyl (C=O) groups is 2. The van der Waals surface area contributed by atoms with Crippen LogP contribution in [0.4, 0.5) is 0 Å². The van der Waals surface area contributed by atoms with Gasteiger partial charge in [-0.1, -0.05) is 127 Å². The molecule has 1 saturated heterocycles. The number of unbranched alkanes of at least 4 members (excludes halogenated alkanes) is 12. The van der Waals surface area contributed by atoms with E-state index in [2.05, 4.69) is 31.2 Å². The average molecular weight is 977 g/mol. The molecule has 13 atom stereocenters. The SMILES string of the molecule is CCCCC/C=C\C/C=C\CCCCCCCCCC(=O)O[C@@H]1COC(=O)CCCC=CC[C@@H]2[C@@H](O)[C@H](O)[C@@H](O)[C@H](OP(=O)(O)OC1)[C@H](O)[C@H](O)[C@@H](C=C[C@@H](O)CCCCC)OC(O)C[C@@H]2O. The number of cyclic esters (lactones) is 1. The van der Waals surface area contributed by atoms with Gasteiger partial charge in [0, 0.05) is 25.2 Å². The third-order valence-corrected chi connectivity index (χ3v) is 12.9. The second-order valence-electron chi connectivity index (χ2n) is 17.8. The Bertz CT molecular complexity index is 1490. The lowest BCUT2D eigenvalue weighted by molar-refractivity contribution is -0.213. The van der Waals surface area contributed by atoms with Gasteiger partial charge in [0.25, 0.3) is 0 Å². The molecule has 0 aromatic carbocycles. The molecule has 2 aliphatic heterocycles. The third kappa shape index (κ3) is 26.4. The number of phosphoric ester groups is 1. The molecule has 2 bridgehead atoms. The van der Waals surface area contributed by atoms with Crippen molar-refractivity contribution in [2.45, 2.75) is 229 Å². The third-order valence-electron chi connectivity index (χ3n) is 11.9. The molecule has 0 amide bonds. The molecule has 0 spiro atoms. The van der Waals surface area contributed by atoms with Crippen molar-refractivity contribution in [1.29, 1.82) is 0 Å². The lowest BCUT2D eigenvalue weighted by atomic mass is 9.83. The number of aliphatic hydroxyl groups excluding tert-OH is 8. The summed E-state index contributed by atoms with van der Waals surface area (Å²) in [7, 11) is -5.48. The number of esters is 2. The zero-order chi connectivity index (χ0) is 49.5. The van der Waals surface area contributed by atoms with E-state index in [9.17, 15) is 59.9 Å². The second kappa shape index (κ2) is 35.7. The minimum absolute atomic E-state index is 0.0122. The highest BCUT2D eigenvalue weighted by atomic mass is 31.2. The Balaban J connectivity index is 2.16. The van der Waals surface area contributed by atoms with Crippen LogP contribution in [0.3, 0.4) is 0 Å². The molecule has 0 aromatic rings. The number of phosphoric acid groups is 1. The van der Waals surface area contributed by atoms with Crippen molar-refractivity contribution < 1.29 is 83.2 Å².